The molecule has 0 aromatic heterocycles. The van der Waals surface area contributed by atoms with Crippen LogP contribution in [0.5, 0.6) is 11.5 Å². The molecule has 0 saturated heterocycles. The van der Waals surface area contributed by atoms with E-state index in [1.54, 1.807) is 32.4 Å². The number of benzene rings is 2. The van der Waals surface area contributed by atoms with Crippen molar-refractivity contribution in [3.05, 3.63) is 58.6 Å². The van der Waals surface area contributed by atoms with Crippen LogP contribution in [0.15, 0.2) is 42.5 Å². The van der Waals surface area contributed by atoms with Crippen molar-refractivity contribution >= 4 is 17.5 Å². The summed E-state index contributed by atoms with van der Waals surface area (Å²) in [5.41, 5.74) is 1.49. The van der Waals surface area contributed by atoms with Gasteiger partial charge < -0.3 is 19.5 Å². The molecule has 0 spiro atoms. The van der Waals surface area contributed by atoms with Gasteiger partial charge in [-0.25, -0.2) is 0 Å². The monoisotopic (exact) mass is 363 g/mol. The second-order valence-electron chi connectivity index (χ2n) is 5.61. The molecule has 1 amide bonds. The Morgan fingerprint density at radius 3 is 2.48 bits per heavy atom. The van der Waals surface area contributed by atoms with E-state index < -0.39 is 0 Å². The topological polar surface area (TPSA) is 56.8 Å². The van der Waals surface area contributed by atoms with E-state index in [0.717, 1.165) is 5.56 Å². The summed E-state index contributed by atoms with van der Waals surface area (Å²) in [6, 6.07) is 12.4. The Labute approximate surface area is 152 Å². The third kappa shape index (κ3) is 5.66. The van der Waals surface area contributed by atoms with Crippen molar-refractivity contribution in [2.45, 2.75) is 19.6 Å². The second kappa shape index (κ2) is 9.30. The standard InChI is InChI=1S/C19H22ClNO4/c1-13(11-23-2)21-19(22)15-6-9-17(18(10-15)24-3)25-12-14-4-7-16(20)8-5-14/h4-10,13H,11-12H2,1-3H3,(H,21,22)/t13-/m1/s1. The maximum absolute atomic E-state index is 12.2. The summed E-state index contributed by atoms with van der Waals surface area (Å²) in [6.07, 6.45) is 0. The highest BCUT2D eigenvalue weighted by Crippen LogP contribution is 2.29. The normalized spacial score (nSPS) is 11.7. The van der Waals surface area contributed by atoms with Gasteiger partial charge in [-0.2, -0.15) is 0 Å². The molecule has 5 nitrogen and oxygen atoms in total. The molecule has 1 N–H and O–H groups in total. The maximum Gasteiger partial charge on any atom is 0.251 e. The highest BCUT2D eigenvalue weighted by molar-refractivity contribution is 6.30. The van der Waals surface area contributed by atoms with Crippen LogP contribution in [0.3, 0.4) is 0 Å². The van der Waals surface area contributed by atoms with Crippen molar-refractivity contribution in [1.82, 2.24) is 5.32 Å². The zero-order chi connectivity index (χ0) is 18.2. The van der Waals surface area contributed by atoms with Gasteiger partial charge in [0, 0.05) is 23.7 Å². The fraction of sp³-hybridized carbons (Fsp3) is 0.316. The lowest BCUT2D eigenvalue weighted by Crippen LogP contribution is -2.35. The predicted octanol–water partition coefficient (Wildman–Crippen LogP) is 3.69. The predicted molar refractivity (Wildman–Crippen MR) is 97.6 cm³/mol. The van der Waals surface area contributed by atoms with E-state index in [-0.39, 0.29) is 11.9 Å². The van der Waals surface area contributed by atoms with Crippen LogP contribution < -0.4 is 14.8 Å². The van der Waals surface area contributed by atoms with Crippen LogP contribution in [0.4, 0.5) is 0 Å². The molecule has 0 radical (unpaired) electrons. The molecule has 0 aliphatic rings. The van der Waals surface area contributed by atoms with Crippen molar-refractivity contribution < 1.29 is 19.0 Å². The number of nitrogens with one attached hydrogen (secondary N) is 1. The molecule has 2 rings (SSSR count). The average molecular weight is 364 g/mol. The molecule has 1 atom stereocenters. The molecule has 0 bridgehead atoms. The molecule has 0 aliphatic heterocycles. The Bertz CT molecular complexity index is 703. The minimum atomic E-state index is -0.188. The van der Waals surface area contributed by atoms with Crippen molar-refractivity contribution in [2.24, 2.45) is 0 Å². The Kier molecular flexibility index (Phi) is 7.10. The summed E-state index contributed by atoms with van der Waals surface area (Å²) in [7, 11) is 3.14. The number of carbonyl (C=O) groups excluding carboxylic acids is 1. The van der Waals surface area contributed by atoms with Crippen LogP contribution in [-0.4, -0.2) is 32.8 Å². The molecule has 6 heteroatoms. The summed E-state index contributed by atoms with van der Waals surface area (Å²) >= 11 is 5.87. The molecule has 25 heavy (non-hydrogen) atoms. The Morgan fingerprint density at radius 2 is 1.84 bits per heavy atom. The summed E-state index contributed by atoms with van der Waals surface area (Å²) in [5, 5.41) is 3.54. The van der Waals surface area contributed by atoms with Crippen LogP contribution in [0.25, 0.3) is 0 Å². The van der Waals surface area contributed by atoms with Gasteiger partial charge in [-0.15, -0.1) is 0 Å². The molecule has 0 unspecified atom stereocenters. The average Bonchev–Trinajstić information content (AvgIpc) is 2.61. The first-order valence-electron chi connectivity index (χ1n) is 7.88. The zero-order valence-corrected chi connectivity index (χ0v) is 15.3. The Balaban J connectivity index is 2.05. The van der Waals surface area contributed by atoms with E-state index in [1.807, 2.05) is 31.2 Å². The zero-order valence-electron chi connectivity index (χ0n) is 14.5. The highest BCUT2D eigenvalue weighted by atomic mass is 35.5. The molecule has 2 aromatic carbocycles. The van der Waals surface area contributed by atoms with Gasteiger partial charge in [-0.1, -0.05) is 23.7 Å². The van der Waals surface area contributed by atoms with Crippen molar-refractivity contribution in [3.63, 3.8) is 0 Å². The van der Waals surface area contributed by atoms with E-state index in [4.69, 9.17) is 25.8 Å². The molecular formula is C19H22ClNO4. The first-order chi connectivity index (χ1) is 12.0. The number of hydrogen-bond donors (Lipinski definition) is 1. The van der Waals surface area contributed by atoms with Gasteiger partial charge in [-0.3, -0.25) is 4.79 Å². The number of halogens is 1. The van der Waals surface area contributed by atoms with Gasteiger partial charge in [0.25, 0.3) is 5.91 Å². The second-order valence-corrected chi connectivity index (χ2v) is 6.05. The van der Waals surface area contributed by atoms with Gasteiger partial charge in [0.2, 0.25) is 0 Å². The number of carbonyl (C=O) groups is 1. The molecule has 0 aliphatic carbocycles. The first kappa shape index (κ1) is 19.1. The third-order valence-corrected chi connectivity index (χ3v) is 3.78. The lowest BCUT2D eigenvalue weighted by atomic mass is 10.1. The number of amides is 1. The van der Waals surface area contributed by atoms with Crippen molar-refractivity contribution in [2.75, 3.05) is 20.8 Å². The summed E-state index contributed by atoms with van der Waals surface area (Å²) < 4.78 is 16.2. The summed E-state index contributed by atoms with van der Waals surface area (Å²) in [5.74, 6) is 0.882. The number of hydrogen-bond acceptors (Lipinski definition) is 4. The lowest BCUT2D eigenvalue weighted by Gasteiger charge is -2.15. The van der Waals surface area contributed by atoms with Crippen molar-refractivity contribution in [1.29, 1.82) is 0 Å². The molecule has 0 saturated carbocycles. The SMILES string of the molecule is COC[C@@H](C)NC(=O)c1ccc(OCc2ccc(Cl)cc2)c(OC)c1. The molecule has 2 aromatic rings. The molecule has 134 valence electrons. The minimum Gasteiger partial charge on any atom is -0.493 e. The van der Waals surface area contributed by atoms with E-state index in [0.29, 0.717) is 35.3 Å². The summed E-state index contributed by atoms with van der Waals surface area (Å²) in [6.45, 7) is 2.71. The van der Waals surface area contributed by atoms with Crippen LogP contribution in [0.2, 0.25) is 5.02 Å². The van der Waals surface area contributed by atoms with E-state index >= 15 is 0 Å². The van der Waals surface area contributed by atoms with Crippen LogP contribution >= 0.6 is 11.6 Å². The van der Waals surface area contributed by atoms with Crippen LogP contribution in [0.1, 0.15) is 22.8 Å². The highest BCUT2D eigenvalue weighted by Gasteiger charge is 2.13. The third-order valence-electron chi connectivity index (χ3n) is 3.53. The summed E-state index contributed by atoms with van der Waals surface area (Å²) in [4.78, 5) is 12.2. The van der Waals surface area contributed by atoms with Gasteiger partial charge in [-0.05, 0) is 42.8 Å². The molecule has 0 fully saturated rings. The Morgan fingerprint density at radius 1 is 1.12 bits per heavy atom. The van der Waals surface area contributed by atoms with Gasteiger partial charge >= 0.3 is 0 Å². The van der Waals surface area contributed by atoms with Crippen molar-refractivity contribution in [3.8, 4) is 11.5 Å². The smallest absolute Gasteiger partial charge is 0.251 e. The van der Waals surface area contributed by atoms with E-state index in [2.05, 4.69) is 5.32 Å². The largest absolute Gasteiger partial charge is 0.493 e. The van der Waals surface area contributed by atoms with E-state index in [9.17, 15) is 4.79 Å². The number of ether oxygens (including phenoxy) is 3. The van der Waals surface area contributed by atoms with E-state index in [1.165, 1.54) is 0 Å². The van der Waals surface area contributed by atoms with Gasteiger partial charge in [0.05, 0.1) is 13.7 Å². The van der Waals surface area contributed by atoms with Crippen LogP contribution in [-0.2, 0) is 11.3 Å². The van der Waals surface area contributed by atoms with Gasteiger partial charge in [0.1, 0.15) is 6.61 Å². The fourth-order valence-electron chi connectivity index (χ4n) is 2.27. The first-order valence-corrected chi connectivity index (χ1v) is 8.26. The molecule has 0 heterocycles. The number of methoxy groups -OCH3 is 2. The van der Waals surface area contributed by atoms with Gasteiger partial charge in [0.15, 0.2) is 11.5 Å². The fourth-order valence-corrected chi connectivity index (χ4v) is 2.39. The lowest BCUT2D eigenvalue weighted by molar-refractivity contribution is 0.0905. The minimum absolute atomic E-state index is 0.0793. The number of rotatable bonds is 8. The Hall–Kier alpha value is -2.24. The maximum atomic E-state index is 12.2. The quantitative estimate of drug-likeness (QED) is 0.777. The molecular weight excluding hydrogens is 342 g/mol. The van der Waals surface area contributed by atoms with Crippen LogP contribution in [0, 0.1) is 0 Å².